The highest BCUT2D eigenvalue weighted by Gasteiger charge is 2.55. The molecule has 2 bridgehead atoms. The third kappa shape index (κ3) is 5.49. The smallest absolute Gasteiger partial charge is 0.287 e. The van der Waals surface area contributed by atoms with Crippen LogP contribution in [0.2, 0.25) is 0 Å². The molecule has 3 aliphatic rings. The van der Waals surface area contributed by atoms with Crippen molar-refractivity contribution < 1.29 is 19.7 Å². The molecule has 0 spiro atoms. The molecule has 1 aromatic heterocycles. The number of H-pyrrole nitrogens is 1. The third-order valence-corrected chi connectivity index (χ3v) is 7.34. The van der Waals surface area contributed by atoms with E-state index in [-0.39, 0.29) is 36.6 Å². The highest BCUT2D eigenvalue weighted by atomic mass is 16.6. The summed E-state index contributed by atoms with van der Waals surface area (Å²) in [6.45, 7) is 0.232. The van der Waals surface area contributed by atoms with Crippen molar-refractivity contribution in [3.63, 3.8) is 0 Å². The Balaban J connectivity index is 1.47. The Kier molecular flexibility index (Phi) is 7.67. The summed E-state index contributed by atoms with van der Waals surface area (Å²) in [5.41, 5.74) is 1.68. The van der Waals surface area contributed by atoms with E-state index in [0.29, 0.717) is 6.54 Å². The normalized spacial score (nSPS) is 29.1. The van der Waals surface area contributed by atoms with Crippen molar-refractivity contribution in [1.29, 1.82) is 5.26 Å². The van der Waals surface area contributed by atoms with Crippen LogP contribution in [-0.4, -0.2) is 57.0 Å². The standard InChI is InChI=1S/C26H34N4O4/c27-15-22-16-29-23(30-22)24(33)28-12-4-7-20(9-8-19-5-2-1-3-6-19)21-13-25(17-31)10-11-26(14-21,18-32)34-25/h4-5,7,9,16,21,31-32H,1-3,6,8,10-14,17-18H2,(H,28,33)(H,29,30)/b7-4-,20-9+/t21?,25-,26+. The van der Waals surface area contributed by atoms with Gasteiger partial charge >= 0.3 is 0 Å². The lowest BCUT2D eigenvalue weighted by molar-refractivity contribution is -0.181. The first-order chi connectivity index (χ1) is 16.5. The van der Waals surface area contributed by atoms with Crippen LogP contribution in [-0.2, 0) is 4.74 Å². The second-order valence-corrected chi connectivity index (χ2v) is 9.78. The zero-order valence-electron chi connectivity index (χ0n) is 19.6. The highest BCUT2D eigenvalue weighted by molar-refractivity contribution is 5.90. The van der Waals surface area contributed by atoms with Crippen LogP contribution >= 0.6 is 0 Å². The fourth-order valence-corrected chi connectivity index (χ4v) is 5.50. The first-order valence-corrected chi connectivity index (χ1v) is 12.2. The van der Waals surface area contributed by atoms with E-state index in [1.165, 1.54) is 24.6 Å². The van der Waals surface area contributed by atoms with Crippen molar-refractivity contribution in [3.8, 4) is 6.07 Å². The van der Waals surface area contributed by atoms with E-state index >= 15 is 0 Å². The van der Waals surface area contributed by atoms with Crippen LogP contribution < -0.4 is 5.32 Å². The number of nitrogens with one attached hydrogen (secondary N) is 2. The molecule has 1 aliphatic carbocycles. The van der Waals surface area contributed by atoms with E-state index in [1.54, 1.807) is 0 Å². The van der Waals surface area contributed by atoms with E-state index in [0.717, 1.165) is 50.5 Å². The monoisotopic (exact) mass is 466 g/mol. The Morgan fingerprint density at radius 2 is 2.06 bits per heavy atom. The van der Waals surface area contributed by atoms with Crippen LogP contribution in [0.4, 0.5) is 0 Å². The summed E-state index contributed by atoms with van der Waals surface area (Å²) >= 11 is 0. The van der Waals surface area contributed by atoms with Gasteiger partial charge in [0.05, 0.1) is 30.6 Å². The Hall–Kier alpha value is -2.73. The summed E-state index contributed by atoms with van der Waals surface area (Å²) in [6, 6.07) is 1.92. The molecule has 34 heavy (non-hydrogen) atoms. The minimum absolute atomic E-state index is 0.0444. The lowest BCUT2D eigenvalue weighted by Crippen LogP contribution is -2.48. The number of amides is 1. The fraction of sp³-hybridized carbons (Fsp3) is 0.577. The average Bonchev–Trinajstić information content (AvgIpc) is 3.47. The molecule has 8 heteroatoms. The summed E-state index contributed by atoms with van der Waals surface area (Å²) < 4.78 is 6.21. The number of nitriles is 1. The molecule has 4 rings (SSSR count). The predicted molar refractivity (Wildman–Crippen MR) is 127 cm³/mol. The zero-order chi connectivity index (χ0) is 24.0. The summed E-state index contributed by atoms with van der Waals surface area (Å²) in [5.74, 6) is -0.0951. The van der Waals surface area contributed by atoms with Gasteiger partial charge < -0.3 is 25.3 Å². The van der Waals surface area contributed by atoms with Gasteiger partial charge in [0.2, 0.25) is 0 Å². The van der Waals surface area contributed by atoms with Crippen molar-refractivity contribution >= 4 is 5.91 Å². The number of ether oxygens (including phenoxy) is 1. The van der Waals surface area contributed by atoms with Crippen molar-refractivity contribution in [1.82, 2.24) is 15.3 Å². The molecule has 1 unspecified atom stereocenters. The molecule has 8 nitrogen and oxygen atoms in total. The predicted octanol–water partition coefficient (Wildman–Crippen LogP) is 3.07. The average molecular weight is 467 g/mol. The van der Waals surface area contributed by atoms with Crippen LogP contribution in [0.15, 0.2) is 41.6 Å². The summed E-state index contributed by atoms with van der Waals surface area (Å²) in [5, 5.41) is 31.8. The van der Waals surface area contributed by atoms with E-state index in [9.17, 15) is 15.0 Å². The molecule has 4 N–H and O–H groups in total. The van der Waals surface area contributed by atoms with Crippen molar-refractivity contribution in [2.24, 2.45) is 5.92 Å². The van der Waals surface area contributed by atoms with Gasteiger partial charge in [0.15, 0.2) is 5.82 Å². The molecule has 182 valence electrons. The Morgan fingerprint density at radius 3 is 2.68 bits per heavy atom. The minimum Gasteiger partial charge on any atom is -0.393 e. The van der Waals surface area contributed by atoms with Gasteiger partial charge in [0.1, 0.15) is 11.8 Å². The Morgan fingerprint density at radius 1 is 1.29 bits per heavy atom. The lowest BCUT2D eigenvalue weighted by atomic mass is 9.78. The van der Waals surface area contributed by atoms with Crippen LogP contribution in [0.3, 0.4) is 0 Å². The van der Waals surface area contributed by atoms with Gasteiger partial charge in [-0.05, 0) is 69.3 Å². The number of carbonyl (C=O) groups excluding carboxylic acids is 1. The highest BCUT2D eigenvalue weighted by Crippen LogP contribution is 2.52. The second kappa shape index (κ2) is 10.7. The summed E-state index contributed by atoms with van der Waals surface area (Å²) in [4.78, 5) is 18.9. The molecule has 0 radical (unpaired) electrons. The van der Waals surface area contributed by atoms with Gasteiger partial charge in [0, 0.05) is 6.54 Å². The van der Waals surface area contributed by atoms with E-state index in [1.807, 2.05) is 12.1 Å². The number of hydrogen-bond acceptors (Lipinski definition) is 6. The Labute approximate surface area is 200 Å². The maximum atomic E-state index is 12.3. The van der Waals surface area contributed by atoms with Gasteiger partial charge in [-0.25, -0.2) is 4.98 Å². The van der Waals surface area contributed by atoms with Crippen LogP contribution in [0, 0.1) is 17.2 Å². The number of aliphatic hydroxyl groups is 2. The van der Waals surface area contributed by atoms with E-state index in [4.69, 9.17) is 10.00 Å². The Bertz CT molecular complexity index is 1000. The first-order valence-electron chi connectivity index (χ1n) is 12.2. The fourth-order valence-electron chi connectivity index (χ4n) is 5.50. The van der Waals surface area contributed by atoms with Crippen LogP contribution in [0.25, 0.3) is 0 Å². The molecule has 2 saturated heterocycles. The van der Waals surface area contributed by atoms with Crippen molar-refractivity contribution in [3.05, 3.63) is 53.2 Å². The molecule has 3 atom stereocenters. The van der Waals surface area contributed by atoms with Crippen LogP contribution in [0.1, 0.15) is 74.1 Å². The number of rotatable bonds is 9. The van der Waals surface area contributed by atoms with Gasteiger partial charge in [-0.3, -0.25) is 4.79 Å². The molecule has 2 aliphatic heterocycles. The number of aliphatic hydroxyl groups excluding tert-OH is 2. The van der Waals surface area contributed by atoms with Gasteiger partial charge in [-0.2, -0.15) is 5.26 Å². The number of aromatic nitrogens is 2. The number of aromatic amines is 1. The molecular weight excluding hydrogens is 432 g/mol. The number of carbonyl (C=O) groups is 1. The van der Waals surface area contributed by atoms with E-state index in [2.05, 4.69) is 33.5 Å². The van der Waals surface area contributed by atoms with Gasteiger partial charge in [-0.1, -0.05) is 29.9 Å². The zero-order valence-corrected chi connectivity index (χ0v) is 19.6. The number of fused-ring (bicyclic) bond motifs is 2. The molecule has 2 fully saturated rings. The van der Waals surface area contributed by atoms with Crippen molar-refractivity contribution in [2.45, 2.75) is 69.0 Å². The van der Waals surface area contributed by atoms with Crippen LogP contribution in [0.5, 0.6) is 0 Å². The summed E-state index contributed by atoms with van der Waals surface area (Å²) in [6.07, 6.45) is 18.5. The number of imidazole rings is 1. The topological polar surface area (TPSA) is 131 Å². The third-order valence-electron chi connectivity index (χ3n) is 7.34. The molecule has 0 aromatic carbocycles. The molecule has 0 saturated carbocycles. The SMILES string of the molecule is N#Cc1cnc(C(=O)NC/C=C\C(=C/CC2=CCCCC2)C2C[C@]3(CO)CC[C@](CO)(C2)O3)[nH]1. The summed E-state index contributed by atoms with van der Waals surface area (Å²) in [7, 11) is 0. The maximum absolute atomic E-state index is 12.3. The molecule has 1 amide bonds. The quantitative estimate of drug-likeness (QED) is 0.327. The van der Waals surface area contributed by atoms with Gasteiger partial charge in [-0.15, -0.1) is 0 Å². The molecule has 1 aromatic rings. The first kappa shape index (κ1) is 24.4. The van der Waals surface area contributed by atoms with E-state index < -0.39 is 11.2 Å². The number of allylic oxidation sites excluding steroid dienone is 5. The van der Waals surface area contributed by atoms with Gasteiger partial charge in [0.25, 0.3) is 5.91 Å². The van der Waals surface area contributed by atoms with Crippen molar-refractivity contribution in [2.75, 3.05) is 19.8 Å². The number of hydrogen-bond donors (Lipinski definition) is 4. The molecular formula is C26H34N4O4. The largest absolute Gasteiger partial charge is 0.393 e. The number of nitrogens with zero attached hydrogens (tertiary/aromatic N) is 2. The molecule has 3 heterocycles. The minimum atomic E-state index is -0.589. The second-order valence-electron chi connectivity index (χ2n) is 9.78. The maximum Gasteiger partial charge on any atom is 0.287 e. The lowest BCUT2D eigenvalue weighted by Gasteiger charge is -2.43.